The molecule has 0 spiro atoms. The Balaban J connectivity index is 2.33. The minimum atomic E-state index is 0.618. The van der Waals surface area contributed by atoms with Gasteiger partial charge >= 0.3 is 0 Å². The first kappa shape index (κ1) is 12.4. The summed E-state index contributed by atoms with van der Waals surface area (Å²) in [5.41, 5.74) is 3.07. The smallest absolute Gasteiger partial charge is 0.150 e. The normalized spacial score (nSPS) is 10.4. The van der Waals surface area contributed by atoms with Crippen molar-refractivity contribution in [3.8, 4) is 17.0 Å². The van der Waals surface area contributed by atoms with Gasteiger partial charge in [0, 0.05) is 16.5 Å². The summed E-state index contributed by atoms with van der Waals surface area (Å²) < 4.78 is 5.34. The third kappa shape index (κ3) is 2.03. The Labute approximate surface area is 116 Å². The average molecular weight is 263 g/mol. The van der Waals surface area contributed by atoms with Crippen molar-refractivity contribution < 1.29 is 9.53 Å². The van der Waals surface area contributed by atoms with Gasteiger partial charge in [0.05, 0.1) is 12.8 Å². The van der Waals surface area contributed by atoms with Crippen molar-refractivity contribution in [3.05, 3.63) is 60.2 Å². The Bertz CT molecular complexity index is 767. The summed E-state index contributed by atoms with van der Waals surface area (Å²) >= 11 is 0. The molecular formula is C17H13NO2. The molecule has 0 bridgehead atoms. The fraction of sp³-hybridized carbons (Fsp3) is 0.0588. The molecular weight excluding hydrogens is 250 g/mol. The van der Waals surface area contributed by atoms with Crippen LogP contribution in [0.25, 0.3) is 22.2 Å². The second-order valence-electron chi connectivity index (χ2n) is 4.44. The molecule has 1 aromatic heterocycles. The van der Waals surface area contributed by atoms with Crippen LogP contribution in [0.1, 0.15) is 10.4 Å². The van der Waals surface area contributed by atoms with Crippen molar-refractivity contribution >= 4 is 17.2 Å². The Morgan fingerprint density at radius 2 is 1.85 bits per heavy atom. The van der Waals surface area contributed by atoms with E-state index in [-0.39, 0.29) is 0 Å². The van der Waals surface area contributed by atoms with Crippen molar-refractivity contribution in [1.82, 2.24) is 4.98 Å². The molecule has 0 fully saturated rings. The van der Waals surface area contributed by atoms with E-state index < -0.39 is 0 Å². The Morgan fingerprint density at radius 3 is 2.55 bits per heavy atom. The average Bonchev–Trinajstić information content (AvgIpc) is 2.54. The van der Waals surface area contributed by atoms with Gasteiger partial charge in [-0.05, 0) is 12.1 Å². The second kappa shape index (κ2) is 5.13. The summed E-state index contributed by atoms with van der Waals surface area (Å²) in [7, 11) is 1.60. The summed E-state index contributed by atoms with van der Waals surface area (Å²) in [5, 5.41) is 0.805. The molecule has 0 unspecified atom stereocenters. The number of nitrogens with zero attached hydrogens (tertiary/aromatic N) is 1. The first-order valence-corrected chi connectivity index (χ1v) is 6.32. The Kier molecular flexibility index (Phi) is 3.17. The number of carbonyl (C=O) groups excluding carboxylic acids is 1. The Morgan fingerprint density at radius 1 is 1.05 bits per heavy atom. The van der Waals surface area contributed by atoms with Gasteiger partial charge < -0.3 is 4.74 Å². The maximum atomic E-state index is 11.3. The molecule has 20 heavy (non-hydrogen) atoms. The van der Waals surface area contributed by atoms with Gasteiger partial charge in [0.1, 0.15) is 11.3 Å². The molecule has 3 aromatic rings. The minimum Gasteiger partial charge on any atom is -0.494 e. The first-order valence-electron chi connectivity index (χ1n) is 6.32. The van der Waals surface area contributed by atoms with Crippen LogP contribution in [0, 0.1) is 0 Å². The highest BCUT2D eigenvalue weighted by molar-refractivity contribution is 6.00. The third-order valence-corrected chi connectivity index (χ3v) is 3.25. The number of ether oxygens (including phenoxy) is 1. The lowest BCUT2D eigenvalue weighted by atomic mass is 10.0. The van der Waals surface area contributed by atoms with Crippen LogP contribution in [0.3, 0.4) is 0 Å². The number of pyridine rings is 1. The number of aldehydes is 1. The molecule has 3 nitrogen and oxygen atoms in total. The highest BCUT2D eigenvalue weighted by atomic mass is 16.5. The standard InChI is InChI=1S/C17H13NO2/c1-20-16-9-5-8-14-13(11-19)10-15(18-17(14)16)12-6-3-2-4-7-12/h2-11H,1H3. The zero-order valence-corrected chi connectivity index (χ0v) is 11.0. The molecule has 98 valence electrons. The fourth-order valence-electron chi connectivity index (χ4n) is 2.27. The summed E-state index contributed by atoms with van der Waals surface area (Å²) in [4.78, 5) is 16.0. The number of benzene rings is 2. The van der Waals surface area contributed by atoms with Crippen molar-refractivity contribution in [3.63, 3.8) is 0 Å². The van der Waals surface area contributed by atoms with E-state index in [0.717, 1.165) is 22.9 Å². The monoisotopic (exact) mass is 263 g/mol. The van der Waals surface area contributed by atoms with Crippen molar-refractivity contribution in [2.24, 2.45) is 0 Å². The Hall–Kier alpha value is -2.68. The van der Waals surface area contributed by atoms with Crippen LogP contribution in [0.15, 0.2) is 54.6 Å². The molecule has 0 aliphatic rings. The van der Waals surface area contributed by atoms with Gasteiger partial charge in [0.25, 0.3) is 0 Å². The van der Waals surface area contributed by atoms with Crippen LogP contribution < -0.4 is 4.74 Å². The quantitative estimate of drug-likeness (QED) is 0.676. The number of aromatic nitrogens is 1. The molecule has 2 aromatic carbocycles. The number of hydrogen-bond donors (Lipinski definition) is 0. The van der Waals surface area contributed by atoms with Gasteiger partial charge in [0.15, 0.2) is 6.29 Å². The van der Waals surface area contributed by atoms with E-state index in [1.165, 1.54) is 0 Å². The van der Waals surface area contributed by atoms with E-state index in [1.54, 1.807) is 7.11 Å². The lowest BCUT2D eigenvalue weighted by Gasteiger charge is -2.09. The van der Waals surface area contributed by atoms with Gasteiger partial charge in [-0.15, -0.1) is 0 Å². The van der Waals surface area contributed by atoms with Gasteiger partial charge in [0.2, 0.25) is 0 Å². The van der Waals surface area contributed by atoms with E-state index in [4.69, 9.17) is 4.74 Å². The molecule has 0 N–H and O–H groups in total. The van der Waals surface area contributed by atoms with E-state index in [2.05, 4.69) is 4.98 Å². The number of para-hydroxylation sites is 1. The van der Waals surface area contributed by atoms with Gasteiger partial charge in [-0.25, -0.2) is 4.98 Å². The van der Waals surface area contributed by atoms with E-state index in [0.29, 0.717) is 16.8 Å². The third-order valence-electron chi connectivity index (χ3n) is 3.25. The number of rotatable bonds is 3. The van der Waals surface area contributed by atoms with Crippen molar-refractivity contribution in [2.45, 2.75) is 0 Å². The molecule has 0 saturated carbocycles. The molecule has 1 heterocycles. The molecule has 0 saturated heterocycles. The number of hydrogen-bond acceptors (Lipinski definition) is 3. The zero-order chi connectivity index (χ0) is 13.9. The molecule has 0 aliphatic heterocycles. The second-order valence-corrected chi connectivity index (χ2v) is 4.44. The molecule has 0 aliphatic carbocycles. The predicted molar refractivity (Wildman–Crippen MR) is 79.1 cm³/mol. The molecule has 0 atom stereocenters. The van der Waals surface area contributed by atoms with E-state index in [9.17, 15) is 4.79 Å². The van der Waals surface area contributed by atoms with Crippen LogP contribution in [0.5, 0.6) is 5.75 Å². The summed E-state index contributed by atoms with van der Waals surface area (Å²) in [6.45, 7) is 0. The van der Waals surface area contributed by atoms with Gasteiger partial charge in [-0.3, -0.25) is 4.79 Å². The SMILES string of the molecule is COc1cccc2c(C=O)cc(-c3ccccc3)nc12. The lowest BCUT2D eigenvalue weighted by molar-refractivity contribution is 0.112. The maximum absolute atomic E-state index is 11.3. The van der Waals surface area contributed by atoms with Crippen LogP contribution in [0.2, 0.25) is 0 Å². The molecule has 0 radical (unpaired) electrons. The highest BCUT2D eigenvalue weighted by Gasteiger charge is 2.10. The van der Waals surface area contributed by atoms with Crippen molar-refractivity contribution in [2.75, 3.05) is 7.11 Å². The molecule has 3 heteroatoms. The van der Waals surface area contributed by atoms with Crippen molar-refractivity contribution in [1.29, 1.82) is 0 Å². The largest absolute Gasteiger partial charge is 0.494 e. The highest BCUT2D eigenvalue weighted by Crippen LogP contribution is 2.29. The lowest BCUT2D eigenvalue weighted by Crippen LogP contribution is -1.94. The van der Waals surface area contributed by atoms with Crippen LogP contribution in [0.4, 0.5) is 0 Å². The van der Waals surface area contributed by atoms with Crippen LogP contribution in [-0.2, 0) is 0 Å². The minimum absolute atomic E-state index is 0.618. The predicted octanol–water partition coefficient (Wildman–Crippen LogP) is 3.72. The van der Waals surface area contributed by atoms with Crippen LogP contribution in [-0.4, -0.2) is 18.4 Å². The number of methoxy groups -OCH3 is 1. The van der Waals surface area contributed by atoms with Gasteiger partial charge in [-0.2, -0.15) is 0 Å². The first-order chi connectivity index (χ1) is 9.83. The topological polar surface area (TPSA) is 39.2 Å². The fourth-order valence-corrected chi connectivity index (χ4v) is 2.27. The maximum Gasteiger partial charge on any atom is 0.150 e. The summed E-state index contributed by atoms with van der Waals surface area (Å²) in [6, 6.07) is 17.2. The van der Waals surface area contributed by atoms with Crippen LogP contribution >= 0.6 is 0 Å². The zero-order valence-electron chi connectivity index (χ0n) is 11.0. The number of carbonyl (C=O) groups is 1. The summed E-state index contributed by atoms with van der Waals surface area (Å²) in [5.74, 6) is 0.670. The summed E-state index contributed by atoms with van der Waals surface area (Å²) in [6.07, 6.45) is 0.857. The number of fused-ring (bicyclic) bond motifs is 1. The van der Waals surface area contributed by atoms with E-state index >= 15 is 0 Å². The molecule has 0 amide bonds. The molecule has 3 rings (SSSR count). The van der Waals surface area contributed by atoms with E-state index in [1.807, 2.05) is 54.6 Å². The van der Waals surface area contributed by atoms with Gasteiger partial charge in [-0.1, -0.05) is 42.5 Å².